The lowest BCUT2D eigenvalue weighted by Crippen LogP contribution is -2.50. The summed E-state index contributed by atoms with van der Waals surface area (Å²) in [5.74, 6) is 1.05. The van der Waals surface area contributed by atoms with Crippen LogP contribution in [0.15, 0.2) is 18.2 Å². The minimum absolute atomic E-state index is 0.398. The Kier molecular flexibility index (Phi) is 1.95. The topological polar surface area (TPSA) is 21.3 Å². The van der Waals surface area contributed by atoms with Crippen LogP contribution in [0.25, 0.3) is 0 Å². The van der Waals surface area contributed by atoms with Crippen molar-refractivity contribution in [2.75, 3.05) is 13.1 Å². The maximum absolute atomic E-state index is 5.81. The minimum atomic E-state index is 0.398. The maximum atomic E-state index is 5.81. The van der Waals surface area contributed by atoms with Crippen LogP contribution in [0.3, 0.4) is 0 Å². The quantitative estimate of drug-likeness (QED) is 0.761. The van der Waals surface area contributed by atoms with Crippen LogP contribution in [0.4, 0.5) is 0 Å². The van der Waals surface area contributed by atoms with Crippen molar-refractivity contribution in [2.24, 2.45) is 0 Å². The number of rotatable bonds is 2. The third-order valence-electron chi connectivity index (χ3n) is 3.12. The van der Waals surface area contributed by atoms with Gasteiger partial charge < -0.3 is 10.1 Å². The lowest BCUT2D eigenvalue weighted by Gasteiger charge is -2.28. The molecule has 3 rings (SSSR count). The van der Waals surface area contributed by atoms with Gasteiger partial charge in [0.2, 0.25) is 0 Å². The van der Waals surface area contributed by atoms with Gasteiger partial charge in [0.1, 0.15) is 11.9 Å². The molecule has 2 nitrogen and oxygen atoms in total. The molecule has 1 aliphatic heterocycles. The maximum Gasteiger partial charge on any atom is 0.123 e. The first-order chi connectivity index (χ1) is 6.92. The molecule has 1 N–H and O–H groups in total. The molecule has 0 unspecified atom stereocenters. The van der Waals surface area contributed by atoms with Gasteiger partial charge in [-0.3, -0.25) is 0 Å². The predicted molar refractivity (Wildman–Crippen MR) is 55.8 cm³/mol. The molecule has 0 radical (unpaired) electrons. The third-order valence-corrected chi connectivity index (χ3v) is 3.12. The van der Waals surface area contributed by atoms with Crippen molar-refractivity contribution in [1.82, 2.24) is 5.32 Å². The Morgan fingerprint density at radius 3 is 2.79 bits per heavy atom. The van der Waals surface area contributed by atoms with Gasteiger partial charge in [0.15, 0.2) is 0 Å². The van der Waals surface area contributed by atoms with E-state index < -0.39 is 0 Å². The summed E-state index contributed by atoms with van der Waals surface area (Å²) in [6, 6.07) is 6.56. The molecular formula is C12H15NO. The lowest BCUT2D eigenvalue weighted by atomic mass is 10.1. The van der Waals surface area contributed by atoms with E-state index in [0.29, 0.717) is 6.10 Å². The fourth-order valence-electron chi connectivity index (χ4n) is 2.16. The first-order valence-electron chi connectivity index (χ1n) is 5.41. The molecule has 1 heterocycles. The summed E-state index contributed by atoms with van der Waals surface area (Å²) in [5, 5.41) is 3.21. The molecular weight excluding hydrogens is 174 g/mol. The molecule has 14 heavy (non-hydrogen) atoms. The van der Waals surface area contributed by atoms with Crippen LogP contribution >= 0.6 is 0 Å². The monoisotopic (exact) mass is 189 g/mol. The number of hydrogen-bond donors (Lipinski definition) is 1. The fraction of sp³-hybridized carbons (Fsp3) is 0.500. The van der Waals surface area contributed by atoms with Gasteiger partial charge >= 0.3 is 0 Å². The Hall–Kier alpha value is -1.02. The van der Waals surface area contributed by atoms with Gasteiger partial charge in [-0.1, -0.05) is 6.07 Å². The van der Waals surface area contributed by atoms with Crippen LogP contribution in [0.2, 0.25) is 0 Å². The van der Waals surface area contributed by atoms with Crippen molar-refractivity contribution in [3.63, 3.8) is 0 Å². The van der Waals surface area contributed by atoms with Crippen LogP contribution in [0.1, 0.15) is 17.5 Å². The molecule has 1 aromatic rings. The Morgan fingerprint density at radius 1 is 1.14 bits per heavy atom. The van der Waals surface area contributed by atoms with Crippen LogP contribution < -0.4 is 10.1 Å². The van der Waals surface area contributed by atoms with E-state index in [-0.39, 0.29) is 0 Å². The molecule has 0 spiro atoms. The number of benzene rings is 1. The molecule has 1 saturated heterocycles. The molecule has 1 aromatic carbocycles. The predicted octanol–water partition coefficient (Wildman–Crippen LogP) is 1.53. The molecule has 0 atom stereocenters. The minimum Gasteiger partial charge on any atom is -0.488 e. The zero-order chi connectivity index (χ0) is 9.38. The number of fused-ring (bicyclic) bond motifs is 1. The summed E-state index contributed by atoms with van der Waals surface area (Å²) in [5.41, 5.74) is 3.01. The smallest absolute Gasteiger partial charge is 0.123 e. The van der Waals surface area contributed by atoms with Crippen LogP contribution in [0, 0.1) is 0 Å². The van der Waals surface area contributed by atoms with E-state index in [1.807, 2.05) is 0 Å². The number of aryl methyl sites for hydroxylation is 2. The number of nitrogens with one attached hydrogen (secondary N) is 1. The van der Waals surface area contributed by atoms with Gasteiger partial charge in [0.05, 0.1) is 0 Å². The van der Waals surface area contributed by atoms with E-state index in [2.05, 4.69) is 23.5 Å². The van der Waals surface area contributed by atoms with Gasteiger partial charge in [0.25, 0.3) is 0 Å². The lowest BCUT2D eigenvalue weighted by molar-refractivity contribution is 0.142. The standard InChI is InChI=1S/C12H15NO/c1-2-9-4-5-11(6-10(9)3-1)14-12-7-13-8-12/h4-6,12-13H,1-3,7-8H2. The van der Waals surface area contributed by atoms with Gasteiger partial charge in [-0.25, -0.2) is 0 Å². The number of ether oxygens (including phenoxy) is 1. The Morgan fingerprint density at radius 2 is 2.00 bits per heavy atom. The van der Waals surface area contributed by atoms with E-state index in [1.165, 1.54) is 30.4 Å². The van der Waals surface area contributed by atoms with Crippen molar-refractivity contribution in [3.05, 3.63) is 29.3 Å². The highest BCUT2D eigenvalue weighted by molar-refractivity contribution is 5.38. The zero-order valence-electron chi connectivity index (χ0n) is 8.25. The molecule has 2 heteroatoms. The molecule has 74 valence electrons. The van der Waals surface area contributed by atoms with Crippen molar-refractivity contribution in [2.45, 2.75) is 25.4 Å². The summed E-state index contributed by atoms with van der Waals surface area (Å²) in [6.45, 7) is 1.99. The molecule has 0 saturated carbocycles. The second-order valence-electron chi connectivity index (χ2n) is 4.18. The zero-order valence-corrected chi connectivity index (χ0v) is 8.25. The van der Waals surface area contributed by atoms with E-state index in [4.69, 9.17) is 4.74 Å². The Balaban J connectivity index is 1.78. The molecule has 0 bridgehead atoms. The van der Waals surface area contributed by atoms with E-state index >= 15 is 0 Å². The Bertz CT molecular complexity index is 344. The summed E-state index contributed by atoms with van der Waals surface area (Å²) in [7, 11) is 0. The second-order valence-corrected chi connectivity index (χ2v) is 4.18. The molecule has 1 fully saturated rings. The molecule has 0 aromatic heterocycles. The largest absolute Gasteiger partial charge is 0.488 e. The normalized spacial score (nSPS) is 20.3. The van der Waals surface area contributed by atoms with Crippen molar-refractivity contribution >= 4 is 0 Å². The van der Waals surface area contributed by atoms with E-state index in [0.717, 1.165) is 18.8 Å². The second kappa shape index (κ2) is 3.28. The highest BCUT2D eigenvalue weighted by atomic mass is 16.5. The van der Waals surface area contributed by atoms with Crippen LogP contribution in [-0.2, 0) is 12.8 Å². The molecule has 0 amide bonds. The van der Waals surface area contributed by atoms with Crippen LogP contribution in [0.5, 0.6) is 5.75 Å². The van der Waals surface area contributed by atoms with E-state index in [1.54, 1.807) is 0 Å². The molecule has 2 aliphatic rings. The SMILES string of the molecule is c1cc2c(cc1OC1CNC1)CCC2. The summed E-state index contributed by atoms with van der Waals surface area (Å²) in [4.78, 5) is 0. The van der Waals surface area contributed by atoms with Crippen LogP contribution in [-0.4, -0.2) is 19.2 Å². The number of hydrogen-bond acceptors (Lipinski definition) is 2. The highest BCUT2D eigenvalue weighted by Gasteiger charge is 2.19. The first kappa shape index (κ1) is 8.30. The fourth-order valence-corrected chi connectivity index (χ4v) is 2.16. The summed E-state index contributed by atoms with van der Waals surface area (Å²) in [6.07, 6.45) is 4.19. The summed E-state index contributed by atoms with van der Waals surface area (Å²) < 4.78 is 5.81. The average Bonchev–Trinajstić information content (AvgIpc) is 2.58. The van der Waals surface area contributed by atoms with Crippen molar-refractivity contribution < 1.29 is 4.74 Å². The third kappa shape index (κ3) is 1.40. The van der Waals surface area contributed by atoms with E-state index in [9.17, 15) is 0 Å². The average molecular weight is 189 g/mol. The molecule has 1 aliphatic carbocycles. The van der Waals surface area contributed by atoms with Crippen molar-refractivity contribution in [3.8, 4) is 5.75 Å². The van der Waals surface area contributed by atoms with Gasteiger partial charge in [-0.15, -0.1) is 0 Å². The Labute approximate surface area is 84.3 Å². The summed E-state index contributed by atoms with van der Waals surface area (Å²) >= 11 is 0. The van der Waals surface area contributed by atoms with Gasteiger partial charge in [0, 0.05) is 13.1 Å². The van der Waals surface area contributed by atoms with Gasteiger partial charge in [-0.2, -0.15) is 0 Å². The van der Waals surface area contributed by atoms with Crippen molar-refractivity contribution in [1.29, 1.82) is 0 Å². The first-order valence-corrected chi connectivity index (χ1v) is 5.41. The van der Waals surface area contributed by atoms with Gasteiger partial charge in [-0.05, 0) is 42.5 Å². The highest BCUT2D eigenvalue weighted by Crippen LogP contribution is 2.26.